The van der Waals surface area contributed by atoms with E-state index < -0.39 is 5.54 Å². The highest BCUT2D eigenvalue weighted by Gasteiger charge is 2.43. The number of piperidine rings is 1. The van der Waals surface area contributed by atoms with Crippen molar-refractivity contribution >= 4 is 17.5 Å². The minimum Gasteiger partial charge on any atom is -0.454 e. The molecule has 1 aromatic rings. The molecule has 1 atom stereocenters. The van der Waals surface area contributed by atoms with Crippen molar-refractivity contribution in [3.05, 3.63) is 18.2 Å². The summed E-state index contributed by atoms with van der Waals surface area (Å²) in [7, 11) is 0. The second-order valence-electron chi connectivity index (χ2n) is 8.24. The van der Waals surface area contributed by atoms with Gasteiger partial charge in [0, 0.05) is 17.7 Å². The van der Waals surface area contributed by atoms with Crippen molar-refractivity contribution in [2.45, 2.75) is 38.1 Å². The van der Waals surface area contributed by atoms with Crippen LogP contribution in [0.4, 0.5) is 5.69 Å². The molecule has 1 saturated carbocycles. The fraction of sp³-hybridized carbons (Fsp3) is 0.571. The molecule has 1 aliphatic carbocycles. The van der Waals surface area contributed by atoms with Crippen molar-refractivity contribution in [1.82, 2.24) is 10.2 Å². The second-order valence-corrected chi connectivity index (χ2v) is 8.24. The smallest absolute Gasteiger partial charge is 0.235 e. The number of ether oxygens (including phenoxy) is 2. The Hall–Kier alpha value is -2.79. The highest BCUT2D eigenvalue weighted by Crippen LogP contribution is 2.39. The van der Waals surface area contributed by atoms with E-state index in [1.54, 1.807) is 25.1 Å². The molecule has 2 heterocycles. The summed E-state index contributed by atoms with van der Waals surface area (Å²) in [5.41, 5.74) is -0.0724. The van der Waals surface area contributed by atoms with Gasteiger partial charge in [-0.05, 0) is 63.7 Å². The fourth-order valence-electron chi connectivity index (χ4n) is 3.99. The summed E-state index contributed by atoms with van der Waals surface area (Å²) < 4.78 is 10.6. The van der Waals surface area contributed by atoms with E-state index in [1.807, 2.05) is 4.90 Å². The van der Waals surface area contributed by atoms with Gasteiger partial charge in [-0.2, -0.15) is 5.26 Å². The van der Waals surface area contributed by atoms with E-state index in [2.05, 4.69) is 16.7 Å². The summed E-state index contributed by atoms with van der Waals surface area (Å²) in [6, 6.07) is 7.61. The molecular weight excluding hydrogens is 372 g/mol. The van der Waals surface area contributed by atoms with Crippen molar-refractivity contribution in [2.24, 2.45) is 11.8 Å². The largest absolute Gasteiger partial charge is 0.454 e. The number of nitrogens with one attached hydrogen (secondary N) is 2. The maximum absolute atomic E-state index is 12.6. The van der Waals surface area contributed by atoms with Crippen LogP contribution >= 0.6 is 0 Å². The molecule has 2 fully saturated rings. The first-order valence-corrected chi connectivity index (χ1v) is 10.1. The van der Waals surface area contributed by atoms with E-state index in [4.69, 9.17) is 9.47 Å². The molecule has 0 bridgehead atoms. The topological polar surface area (TPSA) is 104 Å². The van der Waals surface area contributed by atoms with Crippen molar-refractivity contribution in [3.63, 3.8) is 0 Å². The van der Waals surface area contributed by atoms with Gasteiger partial charge >= 0.3 is 0 Å². The van der Waals surface area contributed by atoms with Crippen LogP contribution in [0.15, 0.2) is 18.2 Å². The van der Waals surface area contributed by atoms with Crippen LogP contribution in [0.5, 0.6) is 11.5 Å². The molecule has 4 rings (SSSR count). The maximum Gasteiger partial charge on any atom is 0.235 e. The van der Waals surface area contributed by atoms with Crippen LogP contribution in [0.2, 0.25) is 0 Å². The Balaban J connectivity index is 1.23. The van der Waals surface area contributed by atoms with Crippen molar-refractivity contribution < 1.29 is 19.1 Å². The molecule has 0 radical (unpaired) electrons. The molecule has 0 spiro atoms. The Bertz CT molecular complexity index is 840. The van der Waals surface area contributed by atoms with E-state index >= 15 is 0 Å². The third-order valence-corrected chi connectivity index (χ3v) is 5.99. The van der Waals surface area contributed by atoms with Crippen molar-refractivity contribution in [3.8, 4) is 17.6 Å². The molecule has 1 aromatic carbocycles. The average molecular weight is 398 g/mol. The Labute approximate surface area is 170 Å². The molecule has 3 aliphatic rings. The molecule has 154 valence electrons. The molecule has 1 saturated heterocycles. The first-order valence-electron chi connectivity index (χ1n) is 10.1. The van der Waals surface area contributed by atoms with Gasteiger partial charge in [0.05, 0.1) is 12.6 Å². The van der Waals surface area contributed by atoms with E-state index in [0.717, 1.165) is 12.8 Å². The van der Waals surface area contributed by atoms with Gasteiger partial charge in [-0.25, -0.2) is 0 Å². The number of nitrogens with zero attached hydrogens (tertiary/aromatic N) is 2. The Morgan fingerprint density at radius 3 is 2.62 bits per heavy atom. The summed E-state index contributed by atoms with van der Waals surface area (Å²) in [6.07, 6.45) is 3.38. The number of rotatable bonds is 6. The van der Waals surface area contributed by atoms with Gasteiger partial charge in [0.25, 0.3) is 0 Å². The maximum atomic E-state index is 12.6. The molecule has 8 nitrogen and oxygen atoms in total. The van der Waals surface area contributed by atoms with Crippen LogP contribution in [-0.2, 0) is 9.59 Å². The fourth-order valence-corrected chi connectivity index (χ4v) is 3.99. The van der Waals surface area contributed by atoms with Gasteiger partial charge in [-0.15, -0.1) is 0 Å². The summed E-state index contributed by atoms with van der Waals surface area (Å²) >= 11 is 0. The molecule has 2 amide bonds. The van der Waals surface area contributed by atoms with Crippen LogP contribution in [0.1, 0.15) is 32.6 Å². The number of likely N-dealkylation sites (tertiary alicyclic amines) is 1. The van der Waals surface area contributed by atoms with Gasteiger partial charge < -0.3 is 20.1 Å². The minimum absolute atomic E-state index is 0.0150. The number of amides is 2. The third kappa shape index (κ3) is 4.46. The molecule has 2 aliphatic heterocycles. The Kier molecular flexibility index (Phi) is 5.33. The Morgan fingerprint density at radius 2 is 1.93 bits per heavy atom. The number of hydrogen-bond acceptors (Lipinski definition) is 6. The number of fused-ring (bicyclic) bond motifs is 1. The highest BCUT2D eigenvalue weighted by molar-refractivity contribution is 5.93. The molecule has 29 heavy (non-hydrogen) atoms. The van der Waals surface area contributed by atoms with E-state index in [9.17, 15) is 14.9 Å². The van der Waals surface area contributed by atoms with Crippen LogP contribution in [0.25, 0.3) is 0 Å². The lowest BCUT2D eigenvalue weighted by Crippen LogP contribution is -2.51. The number of nitriles is 1. The Morgan fingerprint density at radius 1 is 1.21 bits per heavy atom. The highest BCUT2D eigenvalue weighted by atomic mass is 16.7. The first kappa shape index (κ1) is 19.5. The zero-order valence-corrected chi connectivity index (χ0v) is 16.6. The molecule has 2 N–H and O–H groups in total. The lowest BCUT2D eigenvalue weighted by molar-refractivity contribution is -0.124. The van der Waals surface area contributed by atoms with Crippen LogP contribution in [0, 0.1) is 23.2 Å². The molecule has 0 unspecified atom stereocenters. The summed E-state index contributed by atoms with van der Waals surface area (Å²) in [5, 5.41) is 15.2. The quantitative estimate of drug-likeness (QED) is 0.758. The summed E-state index contributed by atoms with van der Waals surface area (Å²) in [4.78, 5) is 27.0. The average Bonchev–Trinajstić information content (AvgIpc) is 3.47. The van der Waals surface area contributed by atoms with Gasteiger partial charge in [-0.1, -0.05) is 0 Å². The van der Waals surface area contributed by atoms with Gasteiger partial charge in [0.15, 0.2) is 11.5 Å². The molecule has 8 heteroatoms. The number of carbonyl (C=O) groups is 2. The van der Waals surface area contributed by atoms with E-state index in [-0.39, 0.29) is 37.0 Å². The van der Waals surface area contributed by atoms with E-state index in [0.29, 0.717) is 43.1 Å². The van der Waals surface area contributed by atoms with Crippen LogP contribution in [0.3, 0.4) is 0 Å². The number of hydrogen-bond donors (Lipinski definition) is 2. The zero-order valence-electron chi connectivity index (χ0n) is 16.6. The minimum atomic E-state index is -0.764. The predicted molar refractivity (Wildman–Crippen MR) is 105 cm³/mol. The normalized spacial score (nSPS) is 21.1. The standard InChI is InChI=1S/C21H26N4O4/c1-21(12-22,15-2-3-15)24-19(26)11-25-8-6-14(7-9-25)20(27)23-16-4-5-17-18(10-16)29-13-28-17/h4-5,10,14-15H,2-3,6-9,11,13H2,1H3,(H,23,27)(H,24,26)/t21-/m1/s1. The molecular formula is C21H26N4O4. The van der Waals surface area contributed by atoms with Gasteiger partial charge in [0.2, 0.25) is 18.6 Å². The van der Waals surface area contributed by atoms with Gasteiger partial charge in [0.1, 0.15) is 5.54 Å². The predicted octanol–water partition coefficient (Wildman–Crippen LogP) is 1.87. The number of benzene rings is 1. The van der Waals surface area contributed by atoms with Crippen molar-refractivity contribution in [2.75, 3.05) is 31.7 Å². The van der Waals surface area contributed by atoms with Crippen molar-refractivity contribution in [1.29, 1.82) is 5.26 Å². The second kappa shape index (κ2) is 7.91. The monoisotopic (exact) mass is 398 g/mol. The SMILES string of the molecule is C[C@](C#N)(NC(=O)CN1CCC(C(=O)Nc2ccc3c(c2)OCO3)CC1)C1CC1. The first-order chi connectivity index (χ1) is 14.0. The zero-order chi connectivity index (χ0) is 20.4. The van der Waals surface area contributed by atoms with Crippen LogP contribution in [-0.4, -0.2) is 48.7 Å². The summed E-state index contributed by atoms with van der Waals surface area (Å²) in [6.45, 7) is 3.63. The van der Waals surface area contributed by atoms with Gasteiger partial charge in [-0.3, -0.25) is 14.5 Å². The lowest BCUT2D eigenvalue weighted by atomic mass is 9.95. The third-order valence-electron chi connectivity index (χ3n) is 5.99. The summed E-state index contributed by atoms with van der Waals surface area (Å²) in [5.74, 6) is 1.36. The molecule has 0 aromatic heterocycles. The van der Waals surface area contributed by atoms with Crippen LogP contribution < -0.4 is 20.1 Å². The lowest BCUT2D eigenvalue weighted by Gasteiger charge is -2.32. The van der Waals surface area contributed by atoms with E-state index in [1.165, 1.54) is 0 Å². The number of carbonyl (C=O) groups excluding carboxylic acids is 2. The number of anilines is 1.